The highest BCUT2D eigenvalue weighted by atomic mass is 32.1. The van der Waals surface area contributed by atoms with Crippen molar-refractivity contribution in [2.45, 2.75) is 19.4 Å². The van der Waals surface area contributed by atoms with Crippen molar-refractivity contribution < 1.29 is 4.79 Å². The zero-order valence-electron chi connectivity index (χ0n) is 17.9. The molecule has 5 heterocycles. The fourth-order valence-corrected chi connectivity index (χ4v) is 5.16. The van der Waals surface area contributed by atoms with Crippen LogP contribution in [0.15, 0.2) is 67.4 Å². The molecule has 1 N–H and O–H groups in total. The molecule has 1 aliphatic heterocycles. The molecule has 0 spiro atoms. The lowest BCUT2D eigenvalue weighted by Gasteiger charge is -2.12. The van der Waals surface area contributed by atoms with Crippen LogP contribution in [0.3, 0.4) is 0 Å². The predicted octanol–water partition coefficient (Wildman–Crippen LogP) is 4.83. The van der Waals surface area contributed by atoms with Gasteiger partial charge in [0, 0.05) is 60.0 Å². The first kappa shape index (κ1) is 19.9. The minimum absolute atomic E-state index is 0.0333. The van der Waals surface area contributed by atoms with Crippen LogP contribution in [0.5, 0.6) is 0 Å². The highest BCUT2D eigenvalue weighted by Crippen LogP contribution is 2.33. The Bertz CT molecular complexity index is 1430. The van der Waals surface area contributed by atoms with Crippen LogP contribution in [0.2, 0.25) is 0 Å². The van der Waals surface area contributed by atoms with Crippen molar-refractivity contribution in [3.8, 4) is 21.6 Å². The van der Waals surface area contributed by atoms with E-state index in [9.17, 15) is 4.79 Å². The Morgan fingerprint density at radius 1 is 1.03 bits per heavy atom. The maximum absolute atomic E-state index is 12.7. The third kappa shape index (κ3) is 3.82. The maximum Gasteiger partial charge on any atom is 0.282 e. The van der Waals surface area contributed by atoms with Gasteiger partial charge in [0.2, 0.25) is 0 Å². The van der Waals surface area contributed by atoms with E-state index in [0.29, 0.717) is 5.01 Å². The molecule has 1 fully saturated rings. The molecule has 0 saturated carbocycles. The molecule has 0 radical (unpaired) electrons. The van der Waals surface area contributed by atoms with Crippen molar-refractivity contribution >= 4 is 28.3 Å². The first-order valence-corrected chi connectivity index (χ1v) is 11.9. The average Bonchev–Trinajstić information content (AvgIpc) is 3.65. The molecular weight excluding hydrogens is 432 g/mol. The Hall–Kier alpha value is -3.78. The summed E-state index contributed by atoms with van der Waals surface area (Å²) in [5.41, 5.74) is 5.07. The van der Waals surface area contributed by atoms with E-state index in [2.05, 4.69) is 44.4 Å². The van der Waals surface area contributed by atoms with Crippen LogP contribution in [0.25, 0.3) is 32.6 Å². The Morgan fingerprint density at radius 2 is 1.88 bits per heavy atom. The van der Waals surface area contributed by atoms with Crippen LogP contribution in [0, 0.1) is 0 Å². The summed E-state index contributed by atoms with van der Waals surface area (Å²) in [4.78, 5) is 27.8. The molecule has 6 rings (SSSR count). The zero-order chi connectivity index (χ0) is 22.2. The maximum atomic E-state index is 12.7. The molecule has 4 aromatic heterocycles. The number of rotatable bonds is 5. The second kappa shape index (κ2) is 8.29. The van der Waals surface area contributed by atoms with E-state index >= 15 is 0 Å². The highest BCUT2D eigenvalue weighted by molar-refractivity contribution is 7.17. The van der Waals surface area contributed by atoms with Crippen LogP contribution < -0.4 is 0 Å². The molecule has 7 nitrogen and oxygen atoms in total. The number of carbonyl (C=O) groups is 1. The van der Waals surface area contributed by atoms with E-state index < -0.39 is 0 Å². The van der Waals surface area contributed by atoms with Crippen molar-refractivity contribution in [2.75, 3.05) is 13.1 Å². The van der Waals surface area contributed by atoms with E-state index in [0.717, 1.165) is 65.1 Å². The lowest BCUT2D eigenvalue weighted by atomic mass is 10.1. The van der Waals surface area contributed by atoms with Gasteiger partial charge in [0.25, 0.3) is 5.91 Å². The molecule has 0 unspecified atom stereocenters. The Balaban J connectivity index is 1.29. The Kier molecular flexibility index (Phi) is 4.99. The number of pyridine rings is 1. The molecule has 1 saturated heterocycles. The number of hydrogen-bond acceptors (Lipinski definition) is 5. The van der Waals surface area contributed by atoms with Gasteiger partial charge in [0.05, 0.1) is 17.6 Å². The molecule has 1 amide bonds. The second-order valence-electron chi connectivity index (χ2n) is 8.26. The van der Waals surface area contributed by atoms with Gasteiger partial charge in [-0.15, -0.1) is 11.3 Å². The summed E-state index contributed by atoms with van der Waals surface area (Å²) >= 11 is 1.43. The number of H-pyrrole nitrogens is 1. The minimum atomic E-state index is 0.0333. The van der Waals surface area contributed by atoms with E-state index in [-0.39, 0.29) is 5.91 Å². The number of aromatic amines is 1. The van der Waals surface area contributed by atoms with Crippen LogP contribution >= 0.6 is 11.3 Å². The van der Waals surface area contributed by atoms with E-state index in [1.165, 1.54) is 16.9 Å². The summed E-state index contributed by atoms with van der Waals surface area (Å²) in [6.45, 7) is 2.37. The lowest BCUT2D eigenvalue weighted by Crippen LogP contribution is -2.27. The van der Waals surface area contributed by atoms with Crippen molar-refractivity contribution in [3.63, 3.8) is 0 Å². The number of fused-ring (bicyclic) bond motifs is 1. The van der Waals surface area contributed by atoms with Crippen LogP contribution in [0.4, 0.5) is 0 Å². The molecule has 5 aromatic rings. The number of thiazole rings is 1. The normalized spacial score (nSPS) is 13.8. The summed E-state index contributed by atoms with van der Waals surface area (Å²) in [5, 5.41) is 6.11. The zero-order valence-corrected chi connectivity index (χ0v) is 18.8. The van der Waals surface area contributed by atoms with Crippen molar-refractivity contribution in [1.82, 2.24) is 29.6 Å². The number of amides is 1. The van der Waals surface area contributed by atoms with Crippen LogP contribution in [-0.2, 0) is 6.54 Å². The van der Waals surface area contributed by atoms with E-state index in [1.54, 1.807) is 6.20 Å². The van der Waals surface area contributed by atoms with Crippen molar-refractivity contribution in [2.24, 2.45) is 0 Å². The largest absolute Gasteiger partial charge is 0.346 e. The quantitative estimate of drug-likeness (QED) is 0.412. The first-order chi connectivity index (χ1) is 16.2. The lowest BCUT2D eigenvalue weighted by molar-refractivity contribution is 0.0792. The second-order valence-corrected chi connectivity index (χ2v) is 9.29. The Labute approximate surface area is 194 Å². The third-order valence-corrected chi connectivity index (χ3v) is 7.06. The van der Waals surface area contributed by atoms with Crippen molar-refractivity contribution in [3.05, 3.63) is 78.0 Å². The summed E-state index contributed by atoms with van der Waals surface area (Å²) in [5.74, 6) is 0.0333. The standard InChI is InChI=1S/C25H22N6OS/c32-25(30-8-4-5-9-30)24-28-14-22(33-24)18-10-20-21(13-27-23(20)26-11-18)19-12-29-31(16-19)15-17-6-2-1-3-7-17/h1-3,6-7,10-14,16H,4-5,8-9,15H2,(H,26,27). The average molecular weight is 455 g/mol. The van der Waals surface area contributed by atoms with Gasteiger partial charge < -0.3 is 9.88 Å². The number of nitrogens with zero attached hydrogens (tertiary/aromatic N) is 5. The van der Waals surface area contributed by atoms with Gasteiger partial charge in [-0.3, -0.25) is 9.48 Å². The first-order valence-electron chi connectivity index (χ1n) is 11.0. The molecule has 0 atom stereocenters. The van der Waals surface area contributed by atoms with E-state index in [4.69, 9.17) is 0 Å². The van der Waals surface area contributed by atoms with Crippen molar-refractivity contribution in [1.29, 1.82) is 0 Å². The van der Waals surface area contributed by atoms with Gasteiger partial charge in [-0.25, -0.2) is 9.97 Å². The monoisotopic (exact) mass is 454 g/mol. The number of nitrogens with one attached hydrogen (secondary N) is 1. The summed E-state index contributed by atoms with van der Waals surface area (Å²) < 4.78 is 1.94. The van der Waals surface area contributed by atoms with Crippen LogP contribution in [-0.4, -0.2) is 48.6 Å². The molecule has 33 heavy (non-hydrogen) atoms. The molecule has 164 valence electrons. The molecule has 0 bridgehead atoms. The number of aromatic nitrogens is 5. The van der Waals surface area contributed by atoms with Gasteiger partial charge >= 0.3 is 0 Å². The molecule has 1 aromatic carbocycles. The number of benzene rings is 1. The van der Waals surface area contributed by atoms with Gasteiger partial charge in [-0.1, -0.05) is 30.3 Å². The summed E-state index contributed by atoms with van der Waals surface area (Å²) in [6.07, 6.45) is 11.7. The van der Waals surface area contributed by atoms with E-state index in [1.807, 2.05) is 46.4 Å². The summed E-state index contributed by atoms with van der Waals surface area (Å²) in [7, 11) is 0. The Morgan fingerprint density at radius 3 is 2.73 bits per heavy atom. The topological polar surface area (TPSA) is 79.7 Å². The third-order valence-electron chi connectivity index (χ3n) is 6.03. The van der Waals surface area contributed by atoms with Gasteiger partial charge in [0.1, 0.15) is 5.65 Å². The molecule has 8 heteroatoms. The number of likely N-dealkylation sites (tertiary alicyclic amines) is 1. The van der Waals surface area contributed by atoms with Crippen LogP contribution in [0.1, 0.15) is 28.2 Å². The molecule has 0 aliphatic carbocycles. The molecular formula is C25H22N6OS. The summed E-state index contributed by atoms with van der Waals surface area (Å²) in [6, 6.07) is 12.4. The fraction of sp³-hybridized carbons (Fsp3) is 0.200. The smallest absolute Gasteiger partial charge is 0.282 e. The highest BCUT2D eigenvalue weighted by Gasteiger charge is 2.22. The number of carbonyl (C=O) groups excluding carboxylic acids is 1. The van der Waals surface area contributed by atoms with Gasteiger partial charge in [0.15, 0.2) is 5.01 Å². The molecule has 1 aliphatic rings. The predicted molar refractivity (Wildman–Crippen MR) is 129 cm³/mol. The fourth-order valence-electron chi connectivity index (χ4n) is 4.30. The minimum Gasteiger partial charge on any atom is -0.346 e. The SMILES string of the molecule is O=C(c1ncc(-c2cnc3[nH]cc(-c4cnn(Cc5ccccc5)c4)c3c2)s1)N1CCCC1. The number of hydrogen-bond donors (Lipinski definition) is 1. The van der Waals surface area contributed by atoms with Gasteiger partial charge in [-0.2, -0.15) is 5.10 Å². The van der Waals surface area contributed by atoms with Gasteiger partial charge in [-0.05, 0) is 24.5 Å².